The lowest BCUT2D eigenvalue weighted by molar-refractivity contribution is -0.385. The number of nitrogens with two attached hydrogens (primary N) is 1. The minimum absolute atomic E-state index is 0.0220. The van der Waals surface area contributed by atoms with Gasteiger partial charge in [0.25, 0.3) is 11.6 Å². The lowest BCUT2D eigenvalue weighted by atomic mass is 10.1. The van der Waals surface area contributed by atoms with Crippen molar-refractivity contribution in [3.63, 3.8) is 0 Å². The van der Waals surface area contributed by atoms with Crippen LogP contribution in [-0.4, -0.2) is 10.8 Å². The summed E-state index contributed by atoms with van der Waals surface area (Å²) in [7, 11) is 0. The van der Waals surface area contributed by atoms with Crippen LogP contribution in [0.2, 0.25) is 0 Å². The van der Waals surface area contributed by atoms with E-state index in [1.54, 1.807) is 5.43 Å². The Kier molecular flexibility index (Phi) is 4.28. The number of nitrogens with zero attached hydrogens (tertiary/aromatic N) is 1. The smallest absolute Gasteiger partial charge is 0.285 e. The molecule has 0 fully saturated rings. The Balaban J connectivity index is 2.36. The number of hydrogen-bond acceptors (Lipinski definition) is 5. The summed E-state index contributed by atoms with van der Waals surface area (Å²) in [5.41, 5.74) is 0.986. The highest BCUT2D eigenvalue weighted by Crippen LogP contribution is 2.29. The number of hydrogen-bond donors (Lipinski definition) is 2. The largest absolute Gasteiger partial charge is 0.457 e. The average Bonchev–Trinajstić information content (AvgIpc) is 2.50. The standard InChI is InChI=1S/C13H9F2N3O4/c14-10-4-2-7(5-11(10)15)22-8-1-3-9(13(19)17-16)12(6-8)18(20)21/h1-6H,16H2,(H,17,19). The van der Waals surface area contributed by atoms with Crippen molar-refractivity contribution in [2.75, 3.05) is 0 Å². The van der Waals surface area contributed by atoms with Crippen LogP contribution in [0.15, 0.2) is 36.4 Å². The van der Waals surface area contributed by atoms with Crippen LogP contribution in [-0.2, 0) is 0 Å². The summed E-state index contributed by atoms with van der Waals surface area (Å²) in [5.74, 6) is 1.85. The number of nitrogens with one attached hydrogen (secondary N) is 1. The molecule has 0 aliphatic heterocycles. The van der Waals surface area contributed by atoms with Gasteiger partial charge in [-0.15, -0.1) is 0 Å². The maximum Gasteiger partial charge on any atom is 0.285 e. The normalized spacial score (nSPS) is 10.1. The molecule has 0 aromatic heterocycles. The summed E-state index contributed by atoms with van der Waals surface area (Å²) in [6.45, 7) is 0. The molecule has 2 aromatic carbocycles. The molecule has 0 atom stereocenters. The van der Waals surface area contributed by atoms with Crippen molar-refractivity contribution >= 4 is 11.6 Å². The Hall–Kier alpha value is -3.07. The number of hydrazine groups is 1. The summed E-state index contributed by atoms with van der Waals surface area (Å²) < 4.78 is 31.1. The lowest BCUT2D eigenvalue weighted by Crippen LogP contribution is -2.30. The summed E-state index contributed by atoms with van der Waals surface area (Å²) >= 11 is 0. The van der Waals surface area contributed by atoms with Gasteiger partial charge in [-0.25, -0.2) is 14.6 Å². The van der Waals surface area contributed by atoms with Crippen LogP contribution in [0.25, 0.3) is 0 Å². The Morgan fingerprint density at radius 3 is 2.36 bits per heavy atom. The summed E-state index contributed by atoms with van der Waals surface area (Å²) in [5, 5.41) is 11.0. The molecule has 0 saturated carbocycles. The highest BCUT2D eigenvalue weighted by atomic mass is 19.2. The molecule has 1 amide bonds. The number of rotatable bonds is 4. The molecule has 3 N–H and O–H groups in total. The molecule has 0 radical (unpaired) electrons. The van der Waals surface area contributed by atoms with Gasteiger partial charge in [0.2, 0.25) is 0 Å². The van der Waals surface area contributed by atoms with Gasteiger partial charge in [-0.2, -0.15) is 0 Å². The first-order valence-electron chi connectivity index (χ1n) is 5.84. The fraction of sp³-hybridized carbons (Fsp3) is 0. The van der Waals surface area contributed by atoms with Gasteiger partial charge < -0.3 is 4.74 Å². The molecule has 2 aromatic rings. The summed E-state index contributed by atoms with van der Waals surface area (Å²) in [6, 6.07) is 6.18. The van der Waals surface area contributed by atoms with Crippen LogP contribution in [0, 0.1) is 21.7 Å². The highest BCUT2D eigenvalue weighted by molar-refractivity contribution is 5.98. The molecule has 0 spiro atoms. The quantitative estimate of drug-likeness (QED) is 0.390. The number of nitrogen functional groups attached to an aromatic ring is 1. The molecule has 7 nitrogen and oxygen atoms in total. The van der Waals surface area contributed by atoms with Crippen LogP contribution < -0.4 is 16.0 Å². The summed E-state index contributed by atoms with van der Waals surface area (Å²) in [4.78, 5) is 21.6. The number of amides is 1. The number of ether oxygens (including phenoxy) is 1. The molecule has 114 valence electrons. The molecule has 0 unspecified atom stereocenters. The van der Waals surface area contributed by atoms with Gasteiger partial charge in [-0.05, 0) is 24.3 Å². The minimum Gasteiger partial charge on any atom is -0.457 e. The van der Waals surface area contributed by atoms with E-state index in [9.17, 15) is 23.7 Å². The van der Waals surface area contributed by atoms with Crippen LogP contribution in [0.1, 0.15) is 10.4 Å². The van der Waals surface area contributed by atoms with E-state index in [4.69, 9.17) is 10.6 Å². The molecule has 0 aliphatic rings. The van der Waals surface area contributed by atoms with Gasteiger partial charge in [0.15, 0.2) is 11.6 Å². The first-order chi connectivity index (χ1) is 10.4. The van der Waals surface area contributed by atoms with E-state index in [1.165, 1.54) is 6.07 Å². The van der Waals surface area contributed by atoms with Gasteiger partial charge in [0.05, 0.1) is 11.0 Å². The Morgan fingerprint density at radius 2 is 1.77 bits per heavy atom. The van der Waals surface area contributed by atoms with Crippen molar-refractivity contribution in [1.82, 2.24) is 5.43 Å². The molecule has 2 rings (SSSR count). The van der Waals surface area contributed by atoms with Gasteiger partial charge in [-0.3, -0.25) is 20.3 Å². The molecule has 0 saturated heterocycles. The third-order valence-corrected chi connectivity index (χ3v) is 2.67. The van der Waals surface area contributed by atoms with Gasteiger partial charge in [0.1, 0.15) is 17.1 Å². The molecular formula is C13H9F2N3O4. The molecule has 22 heavy (non-hydrogen) atoms. The number of carbonyl (C=O) groups excluding carboxylic acids is 1. The van der Waals surface area contributed by atoms with Crippen molar-refractivity contribution in [2.24, 2.45) is 5.84 Å². The second-order valence-electron chi connectivity index (χ2n) is 4.09. The van der Waals surface area contributed by atoms with E-state index in [0.29, 0.717) is 0 Å². The Labute approximate surface area is 122 Å². The van der Waals surface area contributed by atoms with E-state index >= 15 is 0 Å². The van der Waals surface area contributed by atoms with Crippen molar-refractivity contribution < 1.29 is 23.2 Å². The molecule has 0 aliphatic carbocycles. The minimum atomic E-state index is -1.12. The van der Waals surface area contributed by atoms with Crippen molar-refractivity contribution in [2.45, 2.75) is 0 Å². The van der Waals surface area contributed by atoms with Crippen LogP contribution in [0.3, 0.4) is 0 Å². The predicted octanol–water partition coefficient (Wildman–Crippen LogP) is 2.27. The van der Waals surface area contributed by atoms with E-state index < -0.39 is 28.2 Å². The van der Waals surface area contributed by atoms with Gasteiger partial charge in [0, 0.05) is 6.07 Å². The Morgan fingerprint density at radius 1 is 1.14 bits per heavy atom. The SMILES string of the molecule is NNC(=O)c1ccc(Oc2ccc(F)c(F)c2)cc1[N+](=O)[O-]. The van der Waals surface area contributed by atoms with E-state index in [-0.39, 0.29) is 17.1 Å². The van der Waals surface area contributed by atoms with Crippen molar-refractivity contribution in [3.8, 4) is 11.5 Å². The summed E-state index contributed by atoms with van der Waals surface area (Å²) in [6.07, 6.45) is 0. The number of nitro groups is 1. The second kappa shape index (κ2) is 6.14. The topological polar surface area (TPSA) is 107 Å². The highest BCUT2D eigenvalue weighted by Gasteiger charge is 2.20. The zero-order valence-electron chi connectivity index (χ0n) is 10.9. The fourth-order valence-electron chi connectivity index (χ4n) is 1.67. The molecule has 9 heteroatoms. The molecule has 0 heterocycles. The fourth-order valence-corrected chi connectivity index (χ4v) is 1.67. The van der Waals surface area contributed by atoms with Gasteiger partial charge in [-0.1, -0.05) is 0 Å². The van der Waals surface area contributed by atoms with E-state index in [0.717, 1.165) is 30.3 Å². The Bertz CT molecular complexity index is 752. The first kappa shape index (κ1) is 15.3. The second-order valence-corrected chi connectivity index (χ2v) is 4.09. The van der Waals surface area contributed by atoms with Crippen molar-refractivity contribution in [1.29, 1.82) is 0 Å². The van der Waals surface area contributed by atoms with E-state index in [1.807, 2.05) is 0 Å². The predicted molar refractivity (Wildman–Crippen MR) is 71.2 cm³/mol. The van der Waals surface area contributed by atoms with E-state index in [2.05, 4.69) is 0 Å². The van der Waals surface area contributed by atoms with Crippen molar-refractivity contribution in [3.05, 3.63) is 63.7 Å². The number of nitro benzene ring substituents is 1. The number of benzene rings is 2. The molecule has 0 bridgehead atoms. The van der Waals surface area contributed by atoms with Gasteiger partial charge >= 0.3 is 0 Å². The van der Waals surface area contributed by atoms with Crippen LogP contribution in [0.4, 0.5) is 14.5 Å². The monoisotopic (exact) mass is 309 g/mol. The van der Waals surface area contributed by atoms with Crippen LogP contribution >= 0.6 is 0 Å². The number of carbonyl (C=O) groups is 1. The van der Waals surface area contributed by atoms with Crippen LogP contribution in [0.5, 0.6) is 11.5 Å². The molecular weight excluding hydrogens is 300 g/mol. The number of halogens is 2. The average molecular weight is 309 g/mol. The maximum absolute atomic E-state index is 13.1. The third kappa shape index (κ3) is 3.15. The zero-order chi connectivity index (χ0) is 16.3. The lowest BCUT2D eigenvalue weighted by Gasteiger charge is -2.07. The first-order valence-corrected chi connectivity index (χ1v) is 5.84. The third-order valence-electron chi connectivity index (χ3n) is 2.67. The zero-order valence-corrected chi connectivity index (χ0v) is 10.9. The maximum atomic E-state index is 13.1.